The number of nitrogens with zero attached hydrogens (tertiary/aromatic N) is 1. The van der Waals surface area contributed by atoms with Crippen LogP contribution in [-0.4, -0.2) is 8.42 Å². The molecule has 0 radical (unpaired) electrons. The predicted molar refractivity (Wildman–Crippen MR) is 68.3 cm³/mol. The van der Waals surface area contributed by atoms with E-state index >= 15 is 0 Å². The van der Waals surface area contributed by atoms with Crippen LogP contribution in [0.25, 0.3) is 0 Å². The van der Waals surface area contributed by atoms with Crippen molar-refractivity contribution < 1.29 is 21.6 Å². The maximum atomic E-state index is 13.1. The number of halogens is 3. The summed E-state index contributed by atoms with van der Waals surface area (Å²) in [5, 5.41) is 8.86. The van der Waals surface area contributed by atoms with Gasteiger partial charge in [0.05, 0.1) is 11.3 Å². The number of benzene rings is 2. The van der Waals surface area contributed by atoms with Crippen LogP contribution in [-0.2, 0) is 10.0 Å². The molecule has 0 aliphatic rings. The maximum Gasteiger partial charge on any atom is 0.263 e. The average Bonchev–Trinajstić information content (AvgIpc) is 2.44. The van der Waals surface area contributed by atoms with E-state index in [4.69, 9.17) is 5.26 Å². The molecule has 0 aromatic heterocycles. The van der Waals surface area contributed by atoms with Crippen molar-refractivity contribution in [1.29, 1.82) is 5.26 Å². The lowest BCUT2D eigenvalue weighted by Gasteiger charge is -2.09. The van der Waals surface area contributed by atoms with Crippen molar-refractivity contribution in [3.63, 3.8) is 0 Å². The molecule has 2 rings (SSSR count). The third kappa shape index (κ3) is 2.98. The topological polar surface area (TPSA) is 70.0 Å². The molecule has 1 N–H and O–H groups in total. The molecule has 0 unspecified atom stereocenters. The summed E-state index contributed by atoms with van der Waals surface area (Å²) in [5.41, 5.74) is -0.618. The zero-order valence-electron chi connectivity index (χ0n) is 10.3. The number of nitrogens with one attached hydrogen (secondary N) is 1. The van der Waals surface area contributed by atoms with Gasteiger partial charge in [0.1, 0.15) is 11.0 Å². The maximum absolute atomic E-state index is 13.1. The molecule has 0 fully saturated rings. The van der Waals surface area contributed by atoms with E-state index in [1.54, 1.807) is 6.07 Å². The van der Waals surface area contributed by atoms with Crippen LogP contribution in [0.4, 0.5) is 18.9 Å². The molecule has 0 spiro atoms. The van der Waals surface area contributed by atoms with E-state index in [2.05, 4.69) is 0 Å². The average molecular weight is 312 g/mol. The summed E-state index contributed by atoms with van der Waals surface area (Å²) >= 11 is 0. The van der Waals surface area contributed by atoms with Gasteiger partial charge in [-0.05, 0) is 12.1 Å². The Kier molecular flexibility index (Phi) is 3.86. The van der Waals surface area contributed by atoms with E-state index in [0.29, 0.717) is 12.1 Å². The highest BCUT2D eigenvalue weighted by molar-refractivity contribution is 7.92. The van der Waals surface area contributed by atoms with E-state index in [-0.39, 0.29) is 10.5 Å². The quantitative estimate of drug-likeness (QED) is 0.886. The second kappa shape index (κ2) is 5.46. The molecule has 0 saturated heterocycles. The van der Waals surface area contributed by atoms with Gasteiger partial charge in [-0.15, -0.1) is 0 Å². The van der Waals surface area contributed by atoms with Crippen LogP contribution >= 0.6 is 0 Å². The molecule has 0 bridgehead atoms. The molecule has 108 valence electrons. The molecule has 21 heavy (non-hydrogen) atoms. The zero-order valence-corrected chi connectivity index (χ0v) is 11.1. The molecule has 0 aliphatic heterocycles. The van der Waals surface area contributed by atoms with Crippen LogP contribution in [0.15, 0.2) is 41.3 Å². The van der Waals surface area contributed by atoms with E-state index < -0.39 is 33.2 Å². The zero-order chi connectivity index (χ0) is 15.6. The number of hydrogen-bond donors (Lipinski definition) is 1. The van der Waals surface area contributed by atoms with Crippen LogP contribution in [0.2, 0.25) is 0 Å². The summed E-state index contributed by atoms with van der Waals surface area (Å²) in [6.45, 7) is 0. The van der Waals surface area contributed by atoms with Crippen molar-refractivity contribution in [3.8, 4) is 6.07 Å². The van der Waals surface area contributed by atoms with Gasteiger partial charge >= 0.3 is 0 Å². The first-order chi connectivity index (χ1) is 9.85. The molecule has 0 amide bonds. The second-order valence-electron chi connectivity index (χ2n) is 3.97. The highest BCUT2D eigenvalue weighted by atomic mass is 32.2. The fraction of sp³-hybridized carbons (Fsp3) is 0. The number of anilines is 1. The van der Waals surface area contributed by atoms with Crippen molar-refractivity contribution in [1.82, 2.24) is 0 Å². The lowest BCUT2D eigenvalue weighted by atomic mass is 10.2. The SMILES string of the molecule is N#Cc1ccccc1S(=O)(=O)Nc1cc(F)c(F)c(F)c1. The standard InChI is InChI=1S/C13H7F3N2O2S/c14-10-5-9(6-11(15)13(10)16)18-21(19,20)12-4-2-1-3-8(12)7-17/h1-6,18H. The van der Waals surface area contributed by atoms with Crippen LogP contribution < -0.4 is 4.72 Å². The van der Waals surface area contributed by atoms with Gasteiger partial charge in [0.15, 0.2) is 17.5 Å². The molecule has 8 heteroatoms. The first kappa shape index (κ1) is 14.9. The van der Waals surface area contributed by atoms with Gasteiger partial charge in [-0.1, -0.05) is 12.1 Å². The predicted octanol–water partition coefficient (Wildman–Crippen LogP) is 2.78. The van der Waals surface area contributed by atoms with E-state index in [1.165, 1.54) is 18.2 Å². The minimum Gasteiger partial charge on any atom is -0.279 e. The largest absolute Gasteiger partial charge is 0.279 e. The van der Waals surface area contributed by atoms with Gasteiger partial charge in [-0.25, -0.2) is 21.6 Å². The van der Waals surface area contributed by atoms with Gasteiger partial charge in [0.25, 0.3) is 10.0 Å². The first-order valence-electron chi connectivity index (χ1n) is 5.51. The molecular weight excluding hydrogens is 305 g/mol. The van der Waals surface area contributed by atoms with E-state index in [0.717, 1.165) is 6.07 Å². The Labute approximate surface area is 118 Å². The van der Waals surface area contributed by atoms with Crippen molar-refractivity contribution in [2.75, 3.05) is 4.72 Å². The summed E-state index contributed by atoms with van der Waals surface area (Å²) in [4.78, 5) is -0.349. The Morgan fingerprint density at radius 2 is 1.62 bits per heavy atom. The van der Waals surface area contributed by atoms with Crippen LogP contribution in [0.1, 0.15) is 5.56 Å². The van der Waals surface area contributed by atoms with Gasteiger partial charge in [0, 0.05) is 12.1 Å². The summed E-state index contributed by atoms with van der Waals surface area (Å²) in [5.74, 6) is -4.75. The van der Waals surface area contributed by atoms with Gasteiger partial charge < -0.3 is 0 Å². The molecular formula is C13H7F3N2O2S. The van der Waals surface area contributed by atoms with Crippen molar-refractivity contribution >= 4 is 15.7 Å². The second-order valence-corrected chi connectivity index (χ2v) is 5.62. The normalized spacial score (nSPS) is 11.0. The lowest BCUT2D eigenvalue weighted by Crippen LogP contribution is -2.15. The molecule has 0 aliphatic carbocycles. The van der Waals surface area contributed by atoms with Crippen molar-refractivity contribution in [2.24, 2.45) is 0 Å². The van der Waals surface area contributed by atoms with Gasteiger partial charge in [-0.2, -0.15) is 5.26 Å². The van der Waals surface area contributed by atoms with Gasteiger partial charge in [0.2, 0.25) is 0 Å². The third-order valence-electron chi connectivity index (χ3n) is 2.53. The van der Waals surface area contributed by atoms with E-state index in [9.17, 15) is 21.6 Å². The van der Waals surface area contributed by atoms with Crippen LogP contribution in [0.3, 0.4) is 0 Å². The Morgan fingerprint density at radius 1 is 1.05 bits per heavy atom. The van der Waals surface area contributed by atoms with Crippen molar-refractivity contribution in [3.05, 3.63) is 59.4 Å². The highest BCUT2D eigenvalue weighted by Crippen LogP contribution is 2.22. The van der Waals surface area contributed by atoms with Crippen molar-refractivity contribution in [2.45, 2.75) is 4.90 Å². The summed E-state index contributed by atoms with van der Waals surface area (Å²) < 4.78 is 65.0. The fourth-order valence-electron chi connectivity index (χ4n) is 1.62. The minimum absolute atomic E-state index is 0.131. The molecule has 0 saturated carbocycles. The Morgan fingerprint density at radius 3 is 2.19 bits per heavy atom. The van der Waals surface area contributed by atoms with Crippen LogP contribution in [0, 0.1) is 28.8 Å². The van der Waals surface area contributed by atoms with Gasteiger partial charge in [-0.3, -0.25) is 4.72 Å². The van der Waals surface area contributed by atoms with E-state index in [1.807, 2.05) is 4.72 Å². The smallest absolute Gasteiger partial charge is 0.263 e. The first-order valence-corrected chi connectivity index (χ1v) is 7.00. The fourth-order valence-corrected chi connectivity index (χ4v) is 2.82. The third-order valence-corrected chi connectivity index (χ3v) is 3.97. The highest BCUT2D eigenvalue weighted by Gasteiger charge is 2.20. The lowest BCUT2D eigenvalue weighted by molar-refractivity contribution is 0.448. The molecule has 2 aromatic rings. The summed E-state index contributed by atoms with van der Waals surface area (Å²) in [6.07, 6.45) is 0. The Bertz CT molecular complexity index is 822. The molecule has 0 atom stereocenters. The number of nitriles is 1. The number of hydrogen-bond acceptors (Lipinski definition) is 3. The number of sulfonamides is 1. The molecule has 0 heterocycles. The Balaban J connectivity index is 2.46. The Hall–Kier alpha value is -2.53. The van der Waals surface area contributed by atoms with Crippen LogP contribution in [0.5, 0.6) is 0 Å². The summed E-state index contributed by atoms with van der Waals surface area (Å²) in [6, 6.07) is 8.00. The minimum atomic E-state index is -4.23. The molecule has 4 nitrogen and oxygen atoms in total. The number of rotatable bonds is 3. The molecule has 2 aromatic carbocycles. The summed E-state index contributed by atoms with van der Waals surface area (Å²) in [7, 11) is -4.23. The monoisotopic (exact) mass is 312 g/mol.